The number of anilines is 1. The minimum absolute atomic E-state index is 0.00495. The second-order valence-electron chi connectivity index (χ2n) is 15.8. The molecule has 59 heavy (non-hydrogen) atoms. The van der Waals surface area contributed by atoms with Gasteiger partial charge in [-0.15, -0.1) is 0 Å². The molecule has 0 spiro atoms. The number of carbonyl (C=O) groups excluding carboxylic acids is 6. The van der Waals surface area contributed by atoms with E-state index in [-0.39, 0.29) is 66.0 Å². The zero-order valence-electron chi connectivity index (χ0n) is 35.5. The first-order valence-electron chi connectivity index (χ1n) is 19.9. The molecule has 3 aromatic rings. The zero-order valence-corrected chi connectivity index (χ0v) is 37.1. The van der Waals surface area contributed by atoms with Gasteiger partial charge in [-0.1, -0.05) is 72.2 Å². The fraction of sp³-hybridized carbons (Fsp3) is 0.455. The molecule has 0 heterocycles. The van der Waals surface area contributed by atoms with Crippen molar-refractivity contribution in [1.29, 1.82) is 0 Å². The van der Waals surface area contributed by atoms with E-state index in [0.29, 0.717) is 13.0 Å². The number of nitrogens with zero attached hydrogens (tertiary/aromatic N) is 1. The number of halogens is 1. The van der Waals surface area contributed by atoms with Crippen LogP contribution < -0.4 is 36.8 Å². The van der Waals surface area contributed by atoms with Crippen LogP contribution in [0.3, 0.4) is 0 Å². The van der Waals surface area contributed by atoms with Crippen molar-refractivity contribution in [1.82, 2.24) is 31.9 Å². The topological polar surface area (TPSA) is 187 Å². The van der Waals surface area contributed by atoms with Crippen LogP contribution in [-0.2, 0) is 25.5 Å². The van der Waals surface area contributed by atoms with Gasteiger partial charge in [0.25, 0.3) is 11.8 Å². The van der Waals surface area contributed by atoms with Gasteiger partial charge in [-0.2, -0.15) is 0 Å². The SMILES string of the molecule is CCNC(=O)[C@@H](NC(=O)[C@H](C)NC[C@H](Cc1ccccc1)NC(=O)c1cc(C(=O)N[C@H](C)c2ccc(Br)cc2)cc(N(C)C(=O)CCNC(=O)OC(C)(C)C)c1)C(C)C. The number of ether oxygens (including phenoxy) is 1. The van der Waals surface area contributed by atoms with Gasteiger partial charge in [0.05, 0.1) is 12.1 Å². The summed E-state index contributed by atoms with van der Waals surface area (Å²) in [6.45, 7) is 14.9. The second kappa shape index (κ2) is 22.8. The van der Waals surface area contributed by atoms with Gasteiger partial charge >= 0.3 is 6.09 Å². The van der Waals surface area contributed by atoms with Gasteiger partial charge in [-0.25, -0.2) is 4.79 Å². The largest absolute Gasteiger partial charge is 0.444 e. The van der Waals surface area contributed by atoms with Gasteiger partial charge < -0.3 is 41.5 Å². The van der Waals surface area contributed by atoms with E-state index in [1.165, 1.54) is 30.1 Å². The van der Waals surface area contributed by atoms with Crippen LogP contribution in [0.25, 0.3) is 0 Å². The Balaban J connectivity index is 1.89. The van der Waals surface area contributed by atoms with Crippen molar-refractivity contribution in [2.75, 3.05) is 31.6 Å². The smallest absolute Gasteiger partial charge is 0.407 e. The summed E-state index contributed by atoms with van der Waals surface area (Å²) in [6.07, 6.45) is -0.326. The molecule has 0 aliphatic heterocycles. The number of alkyl carbamates (subject to hydrolysis) is 1. The summed E-state index contributed by atoms with van der Waals surface area (Å²) in [7, 11) is 1.53. The number of carbonyl (C=O) groups is 6. The Bertz CT molecular complexity index is 1900. The lowest BCUT2D eigenvalue weighted by atomic mass is 10.0. The molecular weight excluding hydrogens is 818 g/mol. The average Bonchev–Trinajstić information content (AvgIpc) is 3.17. The van der Waals surface area contributed by atoms with E-state index in [2.05, 4.69) is 47.8 Å². The molecule has 0 saturated heterocycles. The van der Waals surface area contributed by atoms with Gasteiger partial charge in [0, 0.05) is 60.4 Å². The molecule has 6 amide bonds. The van der Waals surface area contributed by atoms with Crippen LogP contribution >= 0.6 is 15.9 Å². The van der Waals surface area contributed by atoms with Crippen molar-refractivity contribution in [3.05, 3.63) is 99.5 Å². The minimum atomic E-state index is -0.714. The molecule has 14 nitrogen and oxygen atoms in total. The van der Waals surface area contributed by atoms with E-state index in [4.69, 9.17) is 4.74 Å². The molecule has 6 N–H and O–H groups in total. The lowest BCUT2D eigenvalue weighted by molar-refractivity contribution is -0.130. The molecule has 0 radical (unpaired) electrons. The van der Waals surface area contributed by atoms with Crippen molar-refractivity contribution in [2.24, 2.45) is 5.92 Å². The Morgan fingerprint density at radius 2 is 1.39 bits per heavy atom. The summed E-state index contributed by atoms with van der Waals surface area (Å²) in [4.78, 5) is 80.7. The lowest BCUT2D eigenvalue weighted by Gasteiger charge is -2.26. The molecule has 15 heteroatoms. The number of hydrogen-bond acceptors (Lipinski definition) is 8. The van der Waals surface area contributed by atoms with Crippen molar-refractivity contribution in [3.8, 4) is 0 Å². The Labute approximate surface area is 356 Å². The minimum Gasteiger partial charge on any atom is -0.444 e. The van der Waals surface area contributed by atoms with Crippen LogP contribution in [-0.4, -0.2) is 86.0 Å². The molecule has 0 aromatic heterocycles. The summed E-state index contributed by atoms with van der Waals surface area (Å²) in [5.41, 5.74) is 1.67. The number of likely N-dealkylation sites (N-methyl/N-ethyl adjacent to an activating group) is 1. The van der Waals surface area contributed by atoms with Gasteiger partial charge in [0.1, 0.15) is 11.6 Å². The standard InChI is InChI=1S/C44H60BrN7O7/c1-10-46-42(57)38(27(2)3)51-39(54)29(5)48-26-35(22-30-14-12-11-13-15-30)50-41(56)33-23-32(40(55)49-28(4)31-16-18-34(45)19-17-31)24-36(25-33)52(9)37(53)20-21-47-43(58)59-44(6,7)8/h11-19,23-25,27-29,35,38,48H,10,20-22,26H2,1-9H3,(H,46,57)(H,47,58)(H,49,55)(H,50,56)(H,51,54)/t28-,29+,35+,38+/m1/s1. The van der Waals surface area contributed by atoms with Crippen molar-refractivity contribution in [2.45, 2.75) is 98.0 Å². The Morgan fingerprint density at radius 3 is 1.97 bits per heavy atom. The first-order chi connectivity index (χ1) is 27.8. The zero-order chi connectivity index (χ0) is 43.9. The molecule has 4 atom stereocenters. The fourth-order valence-corrected chi connectivity index (χ4v) is 6.19. The predicted octanol–water partition coefficient (Wildman–Crippen LogP) is 5.41. The van der Waals surface area contributed by atoms with E-state index < -0.39 is 41.6 Å². The molecular formula is C44H60BrN7O7. The van der Waals surface area contributed by atoms with Crippen LogP contribution in [0.1, 0.15) is 99.7 Å². The van der Waals surface area contributed by atoms with E-state index in [1.807, 2.05) is 82.3 Å². The summed E-state index contributed by atoms with van der Waals surface area (Å²) >= 11 is 3.43. The molecule has 0 bridgehead atoms. The van der Waals surface area contributed by atoms with Crippen molar-refractivity contribution in [3.63, 3.8) is 0 Å². The number of nitrogens with one attached hydrogen (secondary N) is 6. The number of hydrogen-bond donors (Lipinski definition) is 6. The highest BCUT2D eigenvalue weighted by Gasteiger charge is 2.27. The molecule has 0 saturated carbocycles. The van der Waals surface area contributed by atoms with E-state index >= 15 is 0 Å². The van der Waals surface area contributed by atoms with Gasteiger partial charge in [0.2, 0.25) is 17.7 Å². The fourth-order valence-electron chi connectivity index (χ4n) is 5.93. The third-order valence-corrected chi connectivity index (χ3v) is 9.78. The molecule has 0 unspecified atom stereocenters. The molecule has 0 aliphatic carbocycles. The highest BCUT2D eigenvalue weighted by Crippen LogP contribution is 2.22. The molecule has 0 fully saturated rings. The highest BCUT2D eigenvalue weighted by atomic mass is 79.9. The Morgan fingerprint density at radius 1 is 0.780 bits per heavy atom. The summed E-state index contributed by atoms with van der Waals surface area (Å²) in [5.74, 6) is -2.12. The monoisotopic (exact) mass is 877 g/mol. The van der Waals surface area contributed by atoms with Gasteiger partial charge in [-0.3, -0.25) is 24.0 Å². The maximum Gasteiger partial charge on any atom is 0.407 e. The number of amides is 6. The van der Waals surface area contributed by atoms with Crippen LogP contribution in [0.2, 0.25) is 0 Å². The average molecular weight is 879 g/mol. The summed E-state index contributed by atoms with van der Waals surface area (Å²) < 4.78 is 6.16. The van der Waals surface area contributed by atoms with Crippen LogP contribution in [0.4, 0.5) is 10.5 Å². The molecule has 3 rings (SSSR count). The third-order valence-electron chi connectivity index (χ3n) is 9.25. The normalized spacial score (nSPS) is 13.3. The first kappa shape index (κ1) is 48.1. The van der Waals surface area contributed by atoms with E-state index in [1.54, 1.807) is 27.7 Å². The van der Waals surface area contributed by atoms with Crippen molar-refractivity contribution < 1.29 is 33.5 Å². The Hall–Kier alpha value is -5.28. The quantitative estimate of drug-likeness (QED) is 0.0923. The molecule has 320 valence electrons. The lowest BCUT2D eigenvalue weighted by Crippen LogP contribution is -2.55. The van der Waals surface area contributed by atoms with Gasteiger partial charge in [0.15, 0.2) is 0 Å². The number of rotatable bonds is 19. The predicted molar refractivity (Wildman–Crippen MR) is 233 cm³/mol. The van der Waals surface area contributed by atoms with Crippen LogP contribution in [0.15, 0.2) is 77.3 Å². The van der Waals surface area contributed by atoms with Crippen LogP contribution in [0.5, 0.6) is 0 Å². The third kappa shape index (κ3) is 16.1. The van der Waals surface area contributed by atoms with Gasteiger partial charge in [-0.05, 0) is 95.3 Å². The highest BCUT2D eigenvalue weighted by molar-refractivity contribution is 9.10. The van der Waals surface area contributed by atoms with E-state index in [0.717, 1.165) is 15.6 Å². The maximum atomic E-state index is 14.2. The van der Waals surface area contributed by atoms with Crippen LogP contribution in [0, 0.1) is 5.92 Å². The first-order valence-corrected chi connectivity index (χ1v) is 20.7. The van der Waals surface area contributed by atoms with E-state index in [9.17, 15) is 28.8 Å². The Kier molecular flexibility index (Phi) is 18.5. The van der Waals surface area contributed by atoms with Crippen molar-refractivity contribution >= 4 is 57.2 Å². The molecule has 3 aromatic carbocycles. The molecule has 0 aliphatic rings. The second-order valence-corrected chi connectivity index (χ2v) is 16.7. The maximum absolute atomic E-state index is 14.2. The number of benzene rings is 3. The summed E-state index contributed by atoms with van der Waals surface area (Å²) in [6, 6.07) is 19.3. The summed E-state index contributed by atoms with van der Waals surface area (Å²) in [5, 5.41) is 17.4.